The summed E-state index contributed by atoms with van der Waals surface area (Å²) in [7, 11) is 0. The lowest BCUT2D eigenvalue weighted by atomic mass is 10.0. The van der Waals surface area contributed by atoms with Gasteiger partial charge in [0.05, 0.1) is 25.2 Å². The predicted molar refractivity (Wildman–Crippen MR) is 132 cm³/mol. The highest BCUT2D eigenvalue weighted by atomic mass is 19.1. The smallest absolute Gasteiger partial charge is 0.341 e. The monoisotopic (exact) mass is 461 g/mol. The number of alkyl halides is 1. The van der Waals surface area contributed by atoms with E-state index in [2.05, 4.69) is 44.0 Å². The van der Waals surface area contributed by atoms with Crippen LogP contribution in [0.5, 0.6) is 0 Å². The van der Waals surface area contributed by atoms with Crippen molar-refractivity contribution in [1.82, 2.24) is 15.0 Å². The minimum atomic E-state index is -1.46. The summed E-state index contributed by atoms with van der Waals surface area (Å²) in [6.45, 7) is 9.98. The number of anilines is 2. The van der Waals surface area contributed by atoms with Crippen LogP contribution in [-0.2, 0) is 16.9 Å². The number of pyridine rings is 1. The first-order valence-electron chi connectivity index (χ1n) is 11.4. The molecule has 0 spiro atoms. The molecule has 2 aromatic heterocycles. The average molecular weight is 462 g/mol. The van der Waals surface area contributed by atoms with Crippen LogP contribution in [0.2, 0.25) is 0 Å². The zero-order valence-electron chi connectivity index (χ0n) is 20.2. The summed E-state index contributed by atoms with van der Waals surface area (Å²) in [5.41, 5.74) is 3.37. The molecule has 0 bridgehead atoms. The second kappa shape index (κ2) is 9.29. The maximum atomic E-state index is 14.0. The first-order chi connectivity index (χ1) is 16.1. The van der Waals surface area contributed by atoms with Crippen LogP contribution < -0.4 is 10.6 Å². The summed E-state index contributed by atoms with van der Waals surface area (Å²) >= 11 is 0. The predicted octanol–water partition coefficient (Wildman–Crippen LogP) is 4.84. The number of hydrogen-bond acceptors (Lipinski definition) is 5. The lowest BCUT2D eigenvalue weighted by Gasteiger charge is -2.18. The van der Waals surface area contributed by atoms with Crippen LogP contribution in [0.25, 0.3) is 0 Å². The molecule has 1 aliphatic heterocycles. The molecule has 0 saturated carbocycles. The highest BCUT2D eigenvalue weighted by Crippen LogP contribution is 2.27. The number of amides is 1. The van der Waals surface area contributed by atoms with Crippen LogP contribution >= 0.6 is 0 Å². The molecule has 0 radical (unpaired) electrons. The molecule has 0 aliphatic carbocycles. The van der Waals surface area contributed by atoms with Crippen molar-refractivity contribution < 1.29 is 13.8 Å². The topological polar surface area (TPSA) is 82.8 Å². The van der Waals surface area contributed by atoms with Gasteiger partial charge in [-0.15, -0.1) is 0 Å². The van der Waals surface area contributed by atoms with Crippen molar-refractivity contribution in [3.05, 3.63) is 70.8 Å². The summed E-state index contributed by atoms with van der Waals surface area (Å²) < 4.78 is 16.1. The number of carbonyl (C=O) groups excluding carboxylic acids is 1. The van der Waals surface area contributed by atoms with Gasteiger partial charge in [-0.3, -0.25) is 9.78 Å². The van der Waals surface area contributed by atoms with Crippen LogP contribution in [-0.4, -0.2) is 38.2 Å². The Labute approximate surface area is 199 Å². The van der Waals surface area contributed by atoms with Gasteiger partial charge in [-0.2, -0.15) is 0 Å². The minimum absolute atomic E-state index is 0.0402. The number of rotatable bonds is 8. The Hall–Kier alpha value is -3.68. The number of nitrogens with one attached hydrogen (secondary N) is 2. The number of aryl methyl sites for hydroxylation is 1. The van der Waals surface area contributed by atoms with Gasteiger partial charge < -0.3 is 10.6 Å². The molecule has 3 aromatic rings. The molecule has 1 atom stereocenters. The van der Waals surface area contributed by atoms with Gasteiger partial charge in [0.15, 0.2) is 5.69 Å². The Morgan fingerprint density at radius 2 is 1.97 bits per heavy atom. The third-order valence-corrected chi connectivity index (χ3v) is 5.92. The van der Waals surface area contributed by atoms with E-state index in [1.165, 1.54) is 20.0 Å². The van der Waals surface area contributed by atoms with E-state index in [0.29, 0.717) is 22.8 Å². The Balaban J connectivity index is 1.41. The molecule has 0 fully saturated rings. The van der Waals surface area contributed by atoms with E-state index in [9.17, 15) is 9.18 Å². The molecule has 34 heavy (non-hydrogen) atoms. The molecular formula is C26H30FN6O+. The van der Waals surface area contributed by atoms with Gasteiger partial charge >= 0.3 is 5.82 Å². The van der Waals surface area contributed by atoms with Crippen molar-refractivity contribution in [2.24, 2.45) is 0 Å². The van der Waals surface area contributed by atoms with Crippen molar-refractivity contribution in [2.45, 2.75) is 52.8 Å². The Kier molecular flexibility index (Phi) is 6.41. The van der Waals surface area contributed by atoms with Crippen LogP contribution in [0.1, 0.15) is 61.8 Å². The fourth-order valence-electron chi connectivity index (χ4n) is 3.88. The number of hydrogen-bond donors (Lipinski definition) is 2. The molecule has 1 amide bonds. The zero-order valence-corrected chi connectivity index (χ0v) is 20.2. The largest absolute Gasteiger partial charge is 0.355 e. The second-order valence-electron chi connectivity index (χ2n) is 9.05. The standard InChI is InChI=1S/C26H29FN6O/c1-6-33-15-22-25(33)32-23(14-29-22)30-17(3)21-11-20(9-7-16(21)2)31-24(34)12-19-10-8-18(13-28-19)26(4,5)27/h7-11,13-15,17H,6,12H2,1-5H3,(H,31,34)/p+1. The average Bonchev–Trinajstić information content (AvgIpc) is 2.77. The van der Waals surface area contributed by atoms with E-state index in [0.717, 1.165) is 29.2 Å². The number of nitrogens with zero attached hydrogens (tertiary/aromatic N) is 4. The highest BCUT2D eigenvalue weighted by molar-refractivity contribution is 5.92. The van der Waals surface area contributed by atoms with E-state index in [1.54, 1.807) is 18.3 Å². The van der Waals surface area contributed by atoms with E-state index in [1.807, 2.05) is 31.3 Å². The highest BCUT2D eigenvalue weighted by Gasteiger charge is 2.28. The minimum Gasteiger partial charge on any atom is -0.341 e. The van der Waals surface area contributed by atoms with Gasteiger partial charge in [0.1, 0.15) is 11.9 Å². The summed E-state index contributed by atoms with van der Waals surface area (Å²) in [6, 6.07) is 9.15. The molecular weight excluding hydrogens is 431 g/mol. The van der Waals surface area contributed by atoms with Crippen molar-refractivity contribution >= 4 is 29.4 Å². The molecule has 3 heterocycles. The van der Waals surface area contributed by atoms with Gasteiger partial charge in [0.25, 0.3) is 5.82 Å². The first kappa shape index (κ1) is 23.5. The molecule has 1 unspecified atom stereocenters. The SMILES string of the molecule is CC[N+]1=Cc2ncc(NC(C)c3cc(NC(=O)Cc4ccc(C(C)(C)F)cn4)ccc3C)nc21. The van der Waals surface area contributed by atoms with Gasteiger partial charge in [-0.05, 0) is 68.9 Å². The van der Waals surface area contributed by atoms with E-state index in [4.69, 9.17) is 0 Å². The molecule has 2 N–H and O–H groups in total. The first-order valence-corrected chi connectivity index (χ1v) is 11.4. The van der Waals surface area contributed by atoms with Crippen LogP contribution in [0.15, 0.2) is 42.7 Å². The van der Waals surface area contributed by atoms with Crippen molar-refractivity contribution in [3.8, 4) is 0 Å². The van der Waals surface area contributed by atoms with Gasteiger partial charge in [-0.25, -0.2) is 13.9 Å². The molecule has 176 valence electrons. The molecule has 4 rings (SSSR count). The number of benzene rings is 1. The summed E-state index contributed by atoms with van der Waals surface area (Å²) in [4.78, 5) is 25.9. The third-order valence-electron chi connectivity index (χ3n) is 5.92. The van der Waals surface area contributed by atoms with Gasteiger partial charge in [-0.1, -0.05) is 12.1 Å². The molecule has 0 saturated heterocycles. The van der Waals surface area contributed by atoms with Gasteiger partial charge in [0.2, 0.25) is 5.91 Å². The van der Waals surface area contributed by atoms with Crippen LogP contribution in [0.4, 0.5) is 21.7 Å². The van der Waals surface area contributed by atoms with Crippen LogP contribution in [0, 0.1) is 6.92 Å². The lowest BCUT2D eigenvalue weighted by Crippen LogP contribution is -2.22. The fraction of sp³-hybridized carbons (Fsp3) is 0.346. The fourth-order valence-corrected chi connectivity index (χ4v) is 3.88. The van der Waals surface area contributed by atoms with E-state index >= 15 is 0 Å². The van der Waals surface area contributed by atoms with Crippen LogP contribution in [0.3, 0.4) is 0 Å². The van der Waals surface area contributed by atoms with E-state index < -0.39 is 5.67 Å². The van der Waals surface area contributed by atoms with Crippen molar-refractivity contribution in [2.75, 3.05) is 17.2 Å². The normalized spacial score (nSPS) is 13.4. The number of carbonyl (C=O) groups is 1. The Morgan fingerprint density at radius 1 is 1.18 bits per heavy atom. The third kappa shape index (κ3) is 5.11. The van der Waals surface area contributed by atoms with Crippen molar-refractivity contribution in [1.29, 1.82) is 0 Å². The number of halogens is 1. The number of aromatic nitrogens is 3. The molecule has 1 aromatic carbocycles. The summed E-state index contributed by atoms with van der Waals surface area (Å²) in [5.74, 6) is 1.41. The van der Waals surface area contributed by atoms with Crippen molar-refractivity contribution in [3.63, 3.8) is 0 Å². The second-order valence-corrected chi connectivity index (χ2v) is 9.05. The summed E-state index contributed by atoms with van der Waals surface area (Å²) in [6.07, 6.45) is 5.32. The maximum Gasteiger partial charge on any atom is 0.355 e. The molecule has 1 aliphatic rings. The number of fused-ring (bicyclic) bond motifs is 1. The Morgan fingerprint density at radius 3 is 2.65 bits per heavy atom. The lowest BCUT2D eigenvalue weighted by molar-refractivity contribution is -0.447. The molecule has 7 nitrogen and oxygen atoms in total. The quantitative estimate of drug-likeness (QED) is 0.469. The van der Waals surface area contributed by atoms with Gasteiger partial charge in [0, 0.05) is 23.1 Å². The Bertz CT molecular complexity index is 1250. The molecule has 8 heteroatoms. The zero-order chi connectivity index (χ0) is 24.5. The summed E-state index contributed by atoms with van der Waals surface area (Å²) in [5, 5.41) is 6.36. The maximum absolute atomic E-state index is 14.0. The van der Waals surface area contributed by atoms with E-state index in [-0.39, 0.29) is 18.4 Å².